The fourth-order valence-corrected chi connectivity index (χ4v) is 3.81. The van der Waals surface area contributed by atoms with Crippen LogP contribution in [0.1, 0.15) is 5.56 Å². The molecule has 136 valence electrons. The summed E-state index contributed by atoms with van der Waals surface area (Å²) in [5.41, 5.74) is 0.746. The molecule has 2 rings (SSSR count). The van der Waals surface area contributed by atoms with Crippen LogP contribution in [-0.2, 0) is 4.79 Å². The monoisotopic (exact) mass is 527 g/mol. The van der Waals surface area contributed by atoms with E-state index in [4.69, 9.17) is 33.2 Å². The van der Waals surface area contributed by atoms with Crippen LogP contribution < -0.4 is 10.1 Å². The molecular formula is C18H9Br2Cl2N3O2. The van der Waals surface area contributed by atoms with Crippen molar-refractivity contribution < 1.29 is 9.53 Å². The fourth-order valence-electron chi connectivity index (χ4n) is 2.01. The number of rotatable bonds is 5. The first-order valence-corrected chi connectivity index (χ1v) is 9.57. The van der Waals surface area contributed by atoms with E-state index in [-0.39, 0.29) is 22.2 Å². The maximum absolute atomic E-state index is 12.4. The minimum atomic E-state index is -0.626. The molecule has 0 aliphatic carbocycles. The number of anilines is 1. The van der Waals surface area contributed by atoms with Crippen molar-refractivity contribution >= 4 is 72.7 Å². The van der Waals surface area contributed by atoms with E-state index in [0.717, 1.165) is 0 Å². The molecule has 0 spiro atoms. The summed E-state index contributed by atoms with van der Waals surface area (Å²) in [6.07, 6.45) is 1.41. The highest BCUT2D eigenvalue weighted by Gasteiger charge is 2.14. The minimum absolute atomic E-state index is 0.112. The standard InChI is InChI=1S/C18H9Br2Cl2N3O2/c19-12-7-10(8-13(20)17(12)27-5-4-23)6-11(9-24)18(26)25-15-3-1-2-14(21)16(15)22/h1-3,6-8H,5H2,(H,25,26)/b11-6-. The number of ether oxygens (including phenoxy) is 1. The van der Waals surface area contributed by atoms with Crippen LogP contribution >= 0.6 is 55.1 Å². The molecule has 2 aromatic rings. The lowest BCUT2D eigenvalue weighted by Crippen LogP contribution is -2.13. The Bertz CT molecular complexity index is 988. The van der Waals surface area contributed by atoms with E-state index >= 15 is 0 Å². The second-order valence-electron chi connectivity index (χ2n) is 4.99. The van der Waals surface area contributed by atoms with Gasteiger partial charge in [-0.2, -0.15) is 10.5 Å². The Balaban J connectivity index is 2.30. The van der Waals surface area contributed by atoms with Crippen molar-refractivity contribution in [1.29, 1.82) is 10.5 Å². The molecule has 1 N–H and O–H groups in total. The van der Waals surface area contributed by atoms with Gasteiger partial charge in [0, 0.05) is 0 Å². The van der Waals surface area contributed by atoms with Gasteiger partial charge >= 0.3 is 0 Å². The first-order valence-electron chi connectivity index (χ1n) is 7.23. The van der Waals surface area contributed by atoms with E-state index in [0.29, 0.717) is 25.9 Å². The van der Waals surface area contributed by atoms with Crippen molar-refractivity contribution in [1.82, 2.24) is 0 Å². The second-order valence-corrected chi connectivity index (χ2v) is 7.48. The van der Waals surface area contributed by atoms with Gasteiger partial charge in [0.25, 0.3) is 5.91 Å². The maximum Gasteiger partial charge on any atom is 0.266 e. The maximum atomic E-state index is 12.4. The first-order chi connectivity index (χ1) is 12.9. The van der Waals surface area contributed by atoms with Gasteiger partial charge in [-0.05, 0) is 67.8 Å². The van der Waals surface area contributed by atoms with Gasteiger partial charge in [0.05, 0.1) is 24.7 Å². The van der Waals surface area contributed by atoms with Crippen LogP contribution in [0.2, 0.25) is 10.0 Å². The van der Waals surface area contributed by atoms with Crippen molar-refractivity contribution in [3.8, 4) is 17.9 Å². The molecule has 0 unspecified atom stereocenters. The molecule has 5 nitrogen and oxygen atoms in total. The van der Waals surface area contributed by atoms with Crippen molar-refractivity contribution in [2.24, 2.45) is 0 Å². The van der Waals surface area contributed by atoms with Crippen LogP contribution in [0.4, 0.5) is 5.69 Å². The SMILES string of the molecule is N#CCOc1c(Br)cc(/C=C(/C#N)C(=O)Nc2cccc(Cl)c2Cl)cc1Br. The lowest BCUT2D eigenvalue weighted by atomic mass is 10.1. The number of halogens is 4. The van der Waals surface area contributed by atoms with E-state index in [1.165, 1.54) is 6.08 Å². The lowest BCUT2D eigenvalue weighted by Gasteiger charge is -2.09. The van der Waals surface area contributed by atoms with E-state index in [1.54, 1.807) is 30.3 Å². The van der Waals surface area contributed by atoms with Crippen LogP contribution in [0.5, 0.6) is 5.75 Å². The molecule has 0 bridgehead atoms. The molecule has 0 aromatic heterocycles. The number of hydrogen-bond acceptors (Lipinski definition) is 4. The Morgan fingerprint density at radius 1 is 1.22 bits per heavy atom. The van der Waals surface area contributed by atoms with Gasteiger partial charge in [-0.1, -0.05) is 29.3 Å². The van der Waals surface area contributed by atoms with Crippen molar-refractivity contribution in [2.45, 2.75) is 0 Å². The number of nitrogens with one attached hydrogen (secondary N) is 1. The van der Waals surface area contributed by atoms with Crippen LogP contribution in [0.25, 0.3) is 6.08 Å². The molecular weight excluding hydrogens is 521 g/mol. The molecule has 0 saturated carbocycles. The zero-order chi connectivity index (χ0) is 20.0. The molecule has 0 atom stereocenters. The van der Waals surface area contributed by atoms with Gasteiger partial charge in [0.1, 0.15) is 23.5 Å². The average Bonchev–Trinajstić information content (AvgIpc) is 2.62. The van der Waals surface area contributed by atoms with Crippen molar-refractivity contribution in [3.63, 3.8) is 0 Å². The molecule has 0 fully saturated rings. The largest absolute Gasteiger partial charge is 0.476 e. The summed E-state index contributed by atoms with van der Waals surface area (Å²) in [6, 6.07) is 11.9. The Kier molecular flexibility index (Phi) is 7.70. The molecule has 0 aliphatic rings. The van der Waals surface area contributed by atoms with E-state index < -0.39 is 5.91 Å². The number of benzene rings is 2. The van der Waals surface area contributed by atoms with E-state index in [9.17, 15) is 10.1 Å². The molecule has 0 saturated heterocycles. The number of carbonyl (C=O) groups excluding carboxylic acids is 1. The number of nitriles is 2. The number of nitrogens with zero attached hydrogens (tertiary/aromatic N) is 2. The summed E-state index contributed by atoms with van der Waals surface area (Å²) in [5.74, 6) is -0.180. The number of hydrogen-bond donors (Lipinski definition) is 1. The zero-order valence-corrected chi connectivity index (χ0v) is 18.1. The van der Waals surface area contributed by atoms with Gasteiger partial charge in [-0.25, -0.2) is 0 Å². The predicted octanol–water partition coefficient (Wildman–Crippen LogP) is 5.97. The van der Waals surface area contributed by atoms with Crippen LogP contribution in [-0.4, -0.2) is 12.5 Å². The summed E-state index contributed by atoms with van der Waals surface area (Å²) >= 11 is 18.6. The highest BCUT2D eigenvalue weighted by Crippen LogP contribution is 2.35. The quantitative estimate of drug-likeness (QED) is 0.382. The average molecular weight is 530 g/mol. The molecule has 1 amide bonds. The summed E-state index contributed by atoms with van der Waals surface area (Å²) in [5, 5.41) is 21.0. The Morgan fingerprint density at radius 2 is 1.89 bits per heavy atom. The van der Waals surface area contributed by atoms with E-state index in [2.05, 4.69) is 37.2 Å². The predicted molar refractivity (Wildman–Crippen MR) is 112 cm³/mol. The lowest BCUT2D eigenvalue weighted by molar-refractivity contribution is -0.112. The highest BCUT2D eigenvalue weighted by molar-refractivity contribution is 9.11. The smallest absolute Gasteiger partial charge is 0.266 e. The van der Waals surface area contributed by atoms with Gasteiger partial charge < -0.3 is 10.1 Å². The molecule has 0 heterocycles. The van der Waals surface area contributed by atoms with Crippen LogP contribution in [0.3, 0.4) is 0 Å². The Labute approximate surface area is 182 Å². The zero-order valence-electron chi connectivity index (χ0n) is 13.4. The number of carbonyl (C=O) groups is 1. The normalized spacial score (nSPS) is 10.7. The molecule has 9 heteroatoms. The fraction of sp³-hybridized carbons (Fsp3) is 0.0556. The third kappa shape index (κ3) is 5.47. The molecule has 0 aliphatic heterocycles. The highest BCUT2D eigenvalue weighted by atomic mass is 79.9. The van der Waals surface area contributed by atoms with Crippen LogP contribution in [0, 0.1) is 22.7 Å². The van der Waals surface area contributed by atoms with E-state index in [1.807, 2.05) is 12.1 Å². The summed E-state index contributed by atoms with van der Waals surface area (Å²) in [4.78, 5) is 12.4. The van der Waals surface area contributed by atoms with Crippen molar-refractivity contribution in [3.05, 3.63) is 60.5 Å². The summed E-state index contributed by atoms with van der Waals surface area (Å²) < 4.78 is 6.43. The van der Waals surface area contributed by atoms with Gasteiger partial charge in [0.2, 0.25) is 0 Å². The second kappa shape index (κ2) is 9.77. The molecule has 0 radical (unpaired) electrons. The topological polar surface area (TPSA) is 85.9 Å². The number of amides is 1. The van der Waals surface area contributed by atoms with Gasteiger partial charge in [-0.3, -0.25) is 4.79 Å². The van der Waals surface area contributed by atoms with Crippen molar-refractivity contribution in [2.75, 3.05) is 11.9 Å². The summed E-state index contributed by atoms with van der Waals surface area (Å²) in [6.45, 7) is -0.112. The first kappa shape index (κ1) is 21.3. The van der Waals surface area contributed by atoms with Crippen LogP contribution in [0.15, 0.2) is 44.9 Å². The Hall–Kier alpha value is -2.03. The Morgan fingerprint density at radius 3 is 2.48 bits per heavy atom. The van der Waals surface area contributed by atoms with Gasteiger partial charge in [-0.15, -0.1) is 0 Å². The molecule has 2 aromatic carbocycles. The minimum Gasteiger partial charge on any atom is -0.476 e. The van der Waals surface area contributed by atoms with Gasteiger partial charge in [0.15, 0.2) is 6.61 Å². The third-order valence-electron chi connectivity index (χ3n) is 3.18. The molecule has 27 heavy (non-hydrogen) atoms. The summed E-state index contributed by atoms with van der Waals surface area (Å²) in [7, 11) is 0. The third-order valence-corrected chi connectivity index (χ3v) is 5.17.